The van der Waals surface area contributed by atoms with E-state index in [1.165, 1.54) is 6.07 Å². The Hall–Kier alpha value is -0.640. The highest BCUT2D eigenvalue weighted by Gasteiger charge is 2.38. The normalized spacial score (nSPS) is 17.5. The van der Waals surface area contributed by atoms with Crippen LogP contribution in [0.25, 0.3) is 0 Å². The molecule has 0 unspecified atom stereocenters. The number of rotatable bonds is 5. The summed E-state index contributed by atoms with van der Waals surface area (Å²) in [5.41, 5.74) is 6.72. The van der Waals surface area contributed by atoms with Crippen LogP contribution >= 0.6 is 11.6 Å². The van der Waals surface area contributed by atoms with Crippen LogP contribution in [0.4, 0.5) is 4.39 Å². The summed E-state index contributed by atoms with van der Waals surface area (Å²) in [6, 6.07) is 4.69. The molecule has 0 spiro atoms. The van der Waals surface area contributed by atoms with Crippen LogP contribution in [0, 0.1) is 5.82 Å². The highest BCUT2D eigenvalue weighted by molar-refractivity contribution is 6.30. The van der Waals surface area contributed by atoms with Gasteiger partial charge in [-0.05, 0) is 50.1 Å². The summed E-state index contributed by atoms with van der Waals surface area (Å²) < 4.78 is 13.5. The van der Waals surface area contributed by atoms with Crippen LogP contribution in [-0.2, 0) is 6.42 Å². The summed E-state index contributed by atoms with van der Waals surface area (Å²) in [6.45, 7) is 1.69. The minimum absolute atomic E-state index is 0.0155. The molecule has 0 atom stereocenters. The fourth-order valence-electron chi connectivity index (χ4n) is 1.98. The summed E-state index contributed by atoms with van der Waals surface area (Å²) in [5.74, 6) is -0.184. The first-order chi connectivity index (χ1) is 7.98. The van der Waals surface area contributed by atoms with Crippen LogP contribution in [0.5, 0.6) is 0 Å². The van der Waals surface area contributed by atoms with Gasteiger partial charge in [-0.15, -0.1) is 0 Å². The standard InChI is InChI=1S/C13H18ClFN2/c1-17(9-13(16)5-6-13)7-4-10-8-11(14)2-3-12(10)15/h2-3,8H,4-7,9,16H2,1H3. The molecule has 0 amide bonds. The smallest absolute Gasteiger partial charge is 0.126 e. The lowest BCUT2D eigenvalue weighted by Gasteiger charge is -2.20. The summed E-state index contributed by atoms with van der Waals surface area (Å²) in [7, 11) is 2.02. The minimum Gasteiger partial charge on any atom is -0.324 e. The number of hydrogen-bond donors (Lipinski definition) is 1. The van der Waals surface area contributed by atoms with Crippen molar-refractivity contribution in [1.82, 2.24) is 4.90 Å². The lowest BCUT2D eigenvalue weighted by atomic mass is 10.1. The van der Waals surface area contributed by atoms with Gasteiger partial charge in [0.1, 0.15) is 5.82 Å². The van der Waals surface area contributed by atoms with Crippen LogP contribution < -0.4 is 5.73 Å². The van der Waals surface area contributed by atoms with Crippen molar-refractivity contribution in [2.24, 2.45) is 5.73 Å². The maximum absolute atomic E-state index is 13.5. The quantitative estimate of drug-likeness (QED) is 0.877. The first kappa shape index (κ1) is 12.8. The van der Waals surface area contributed by atoms with Crippen molar-refractivity contribution in [2.75, 3.05) is 20.1 Å². The van der Waals surface area contributed by atoms with E-state index in [1.807, 2.05) is 7.05 Å². The third kappa shape index (κ3) is 3.66. The highest BCUT2D eigenvalue weighted by atomic mass is 35.5. The second-order valence-corrected chi connectivity index (χ2v) is 5.52. The lowest BCUT2D eigenvalue weighted by Crippen LogP contribution is -2.38. The zero-order valence-electron chi connectivity index (χ0n) is 10.0. The molecule has 1 aromatic carbocycles. The van der Waals surface area contributed by atoms with E-state index < -0.39 is 0 Å². The fourth-order valence-corrected chi connectivity index (χ4v) is 2.18. The van der Waals surface area contributed by atoms with E-state index in [9.17, 15) is 4.39 Å². The topological polar surface area (TPSA) is 29.3 Å². The molecule has 94 valence electrons. The molecule has 17 heavy (non-hydrogen) atoms. The van der Waals surface area contributed by atoms with Gasteiger partial charge in [-0.2, -0.15) is 0 Å². The second kappa shape index (κ2) is 4.92. The number of nitrogens with two attached hydrogens (primary N) is 1. The third-order valence-corrected chi connectivity index (χ3v) is 3.48. The largest absolute Gasteiger partial charge is 0.324 e. The predicted octanol–water partition coefficient (Wildman–Crippen LogP) is 2.44. The van der Waals surface area contributed by atoms with E-state index >= 15 is 0 Å². The van der Waals surface area contributed by atoms with Crippen molar-refractivity contribution in [3.8, 4) is 0 Å². The van der Waals surface area contributed by atoms with Gasteiger partial charge in [0.2, 0.25) is 0 Å². The number of hydrogen-bond acceptors (Lipinski definition) is 2. The Labute approximate surface area is 107 Å². The van der Waals surface area contributed by atoms with E-state index in [0.717, 1.165) is 25.9 Å². The Morgan fingerprint density at radius 1 is 1.47 bits per heavy atom. The zero-order valence-corrected chi connectivity index (χ0v) is 10.8. The number of likely N-dealkylation sites (N-methyl/N-ethyl adjacent to an activating group) is 1. The highest BCUT2D eigenvalue weighted by Crippen LogP contribution is 2.32. The van der Waals surface area contributed by atoms with E-state index in [1.54, 1.807) is 12.1 Å². The summed E-state index contributed by atoms with van der Waals surface area (Å²) in [4.78, 5) is 2.16. The van der Waals surface area contributed by atoms with Gasteiger partial charge in [0, 0.05) is 23.7 Å². The molecular weight excluding hydrogens is 239 g/mol. The Morgan fingerprint density at radius 2 is 2.18 bits per heavy atom. The number of nitrogens with zero attached hydrogens (tertiary/aromatic N) is 1. The van der Waals surface area contributed by atoms with Crippen LogP contribution in [-0.4, -0.2) is 30.6 Å². The average Bonchev–Trinajstić information content (AvgIpc) is 2.97. The van der Waals surface area contributed by atoms with Crippen molar-refractivity contribution in [1.29, 1.82) is 0 Å². The lowest BCUT2D eigenvalue weighted by molar-refractivity contribution is 0.305. The summed E-state index contributed by atoms with van der Waals surface area (Å²) >= 11 is 5.85. The van der Waals surface area contributed by atoms with E-state index in [0.29, 0.717) is 17.0 Å². The Bertz CT molecular complexity index is 404. The molecule has 1 aromatic rings. The van der Waals surface area contributed by atoms with Crippen LogP contribution in [0.15, 0.2) is 18.2 Å². The maximum Gasteiger partial charge on any atom is 0.126 e. The van der Waals surface area contributed by atoms with Crippen LogP contribution in [0.1, 0.15) is 18.4 Å². The molecule has 2 N–H and O–H groups in total. The van der Waals surface area contributed by atoms with Gasteiger partial charge in [-0.3, -0.25) is 0 Å². The van der Waals surface area contributed by atoms with Crippen molar-refractivity contribution in [3.63, 3.8) is 0 Å². The molecule has 2 nitrogen and oxygen atoms in total. The number of benzene rings is 1. The van der Waals surface area contributed by atoms with Gasteiger partial charge in [0.25, 0.3) is 0 Å². The molecule has 1 aliphatic carbocycles. The summed E-state index contributed by atoms with van der Waals surface area (Å²) in [6.07, 6.45) is 2.87. The molecule has 0 radical (unpaired) electrons. The molecule has 1 saturated carbocycles. The maximum atomic E-state index is 13.5. The van der Waals surface area contributed by atoms with Gasteiger partial charge in [-0.1, -0.05) is 11.6 Å². The number of halogens is 2. The molecule has 1 aliphatic rings. The van der Waals surface area contributed by atoms with E-state index in [4.69, 9.17) is 17.3 Å². The Kier molecular flexibility index (Phi) is 3.71. The van der Waals surface area contributed by atoms with Gasteiger partial charge in [0.15, 0.2) is 0 Å². The Morgan fingerprint density at radius 3 is 2.82 bits per heavy atom. The van der Waals surface area contributed by atoms with Gasteiger partial charge >= 0.3 is 0 Å². The van der Waals surface area contributed by atoms with Crippen molar-refractivity contribution in [2.45, 2.75) is 24.8 Å². The molecule has 0 bridgehead atoms. The molecular formula is C13H18ClFN2. The first-order valence-electron chi connectivity index (χ1n) is 5.90. The van der Waals surface area contributed by atoms with Gasteiger partial charge in [-0.25, -0.2) is 4.39 Å². The fraction of sp³-hybridized carbons (Fsp3) is 0.538. The van der Waals surface area contributed by atoms with Gasteiger partial charge < -0.3 is 10.6 Å². The summed E-state index contributed by atoms with van der Waals surface area (Å²) in [5, 5.41) is 0.585. The molecule has 0 aliphatic heterocycles. The van der Waals surface area contributed by atoms with E-state index in [-0.39, 0.29) is 11.4 Å². The molecule has 1 fully saturated rings. The Balaban J connectivity index is 1.86. The molecule has 0 saturated heterocycles. The average molecular weight is 257 g/mol. The molecule has 4 heteroatoms. The van der Waals surface area contributed by atoms with Crippen molar-refractivity contribution < 1.29 is 4.39 Å². The minimum atomic E-state index is -0.184. The molecule has 0 heterocycles. The predicted molar refractivity (Wildman–Crippen MR) is 68.8 cm³/mol. The SMILES string of the molecule is CN(CCc1cc(Cl)ccc1F)CC1(N)CC1. The van der Waals surface area contributed by atoms with Gasteiger partial charge in [0.05, 0.1) is 0 Å². The third-order valence-electron chi connectivity index (χ3n) is 3.25. The first-order valence-corrected chi connectivity index (χ1v) is 6.28. The van der Waals surface area contributed by atoms with Crippen LogP contribution in [0.3, 0.4) is 0 Å². The zero-order chi connectivity index (χ0) is 12.5. The van der Waals surface area contributed by atoms with Crippen LogP contribution in [0.2, 0.25) is 5.02 Å². The van der Waals surface area contributed by atoms with Crippen molar-refractivity contribution in [3.05, 3.63) is 34.6 Å². The van der Waals surface area contributed by atoms with Crippen molar-refractivity contribution >= 4 is 11.6 Å². The molecule has 2 rings (SSSR count). The molecule has 0 aromatic heterocycles. The second-order valence-electron chi connectivity index (χ2n) is 5.09. The monoisotopic (exact) mass is 256 g/mol. The van der Waals surface area contributed by atoms with E-state index in [2.05, 4.69) is 4.90 Å².